The second-order valence-corrected chi connectivity index (χ2v) is 5.31. The molecule has 0 aromatic heterocycles. The van der Waals surface area contributed by atoms with Gasteiger partial charge in [0.2, 0.25) is 0 Å². The van der Waals surface area contributed by atoms with Crippen LogP contribution in [0.15, 0.2) is 28.7 Å². The first kappa shape index (κ1) is 11.2. The van der Waals surface area contributed by atoms with E-state index in [1.54, 1.807) is 0 Å². The lowest BCUT2D eigenvalue weighted by Crippen LogP contribution is -2.17. The van der Waals surface area contributed by atoms with E-state index in [1.165, 1.54) is 24.8 Å². The molecule has 0 spiro atoms. The van der Waals surface area contributed by atoms with Gasteiger partial charge < -0.3 is 5.32 Å². The van der Waals surface area contributed by atoms with Gasteiger partial charge in [-0.1, -0.05) is 41.4 Å². The van der Waals surface area contributed by atoms with Gasteiger partial charge >= 0.3 is 0 Å². The maximum atomic E-state index is 3.61. The highest BCUT2D eigenvalue weighted by molar-refractivity contribution is 9.10. The number of hydrogen-bond acceptors (Lipinski definition) is 1. The average Bonchev–Trinajstić information content (AvgIpc) is 2.97. The molecule has 1 aromatic rings. The van der Waals surface area contributed by atoms with Gasteiger partial charge in [0, 0.05) is 17.1 Å². The quantitative estimate of drug-likeness (QED) is 0.858. The summed E-state index contributed by atoms with van der Waals surface area (Å²) in [5, 5.41) is 3.61. The fourth-order valence-corrected chi connectivity index (χ4v) is 2.30. The van der Waals surface area contributed by atoms with Crippen molar-refractivity contribution < 1.29 is 0 Å². The lowest BCUT2D eigenvalue weighted by atomic mass is 10.2. The van der Waals surface area contributed by atoms with Crippen LogP contribution in [0, 0.1) is 5.92 Å². The van der Waals surface area contributed by atoms with Crippen molar-refractivity contribution in [3.8, 4) is 0 Å². The molecule has 2 heteroatoms. The minimum Gasteiger partial charge on any atom is -0.310 e. The molecule has 1 N–H and O–H groups in total. The van der Waals surface area contributed by atoms with Gasteiger partial charge in [0.1, 0.15) is 0 Å². The van der Waals surface area contributed by atoms with Gasteiger partial charge in [-0.3, -0.25) is 0 Å². The summed E-state index contributed by atoms with van der Waals surface area (Å²) in [5.74, 6) is 0.949. The van der Waals surface area contributed by atoms with Gasteiger partial charge in [0.05, 0.1) is 0 Å². The van der Waals surface area contributed by atoms with Crippen molar-refractivity contribution in [2.24, 2.45) is 5.92 Å². The number of halogens is 1. The Bertz CT molecular complexity index is 307. The first-order valence-corrected chi connectivity index (χ1v) is 6.56. The molecular weight excluding hydrogens is 250 g/mol. The molecule has 1 nitrogen and oxygen atoms in total. The topological polar surface area (TPSA) is 12.0 Å². The van der Waals surface area contributed by atoms with Gasteiger partial charge in [0.15, 0.2) is 0 Å². The van der Waals surface area contributed by atoms with E-state index in [1.807, 2.05) is 0 Å². The number of hydrogen-bond donors (Lipinski definition) is 1. The van der Waals surface area contributed by atoms with E-state index in [9.17, 15) is 0 Å². The summed E-state index contributed by atoms with van der Waals surface area (Å²) in [6, 6.07) is 9.34. The smallest absolute Gasteiger partial charge is 0.0208 e. The first-order valence-electron chi connectivity index (χ1n) is 5.77. The molecule has 1 saturated carbocycles. The summed E-state index contributed by atoms with van der Waals surface area (Å²) >= 11 is 3.45. The average molecular weight is 268 g/mol. The van der Waals surface area contributed by atoms with Crippen LogP contribution < -0.4 is 5.32 Å². The van der Waals surface area contributed by atoms with Crippen LogP contribution >= 0.6 is 15.9 Å². The third-order valence-corrected chi connectivity index (χ3v) is 3.59. The molecule has 0 aliphatic heterocycles. The zero-order valence-electron chi connectivity index (χ0n) is 9.17. The summed E-state index contributed by atoms with van der Waals surface area (Å²) in [4.78, 5) is 0. The Morgan fingerprint density at radius 3 is 2.73 bits per heavy atom. The highest BCUT2D eigenvalue weighted by atomic mass is 79.9. The van der Waals surface area contributed by atoms with Crippen molar-refractivity contribution in [1.82, 2.24) is 5.32 Å². The highest BCUT2D eigenvalue weighted by Gasteiger charge is 2.35. The molecule has 0 radical (unpaired) electrons. The number of nitrogens with one attached hydrogen (secondary N) is 1. The Hall–Kier alpha value is -0.340. The first-order chi connectivity index (χ1) is 7.29. The number of benzene rings is 1. The molecule has 0 saturated heterocycles. The third-order valence-electron chi connectivity index (χ3n) is 3.06. The monoisotopic (exact) mass is 267 g/mol. The summed E-state index contributed by atoms with van der Waals surface area (Å²) < 4.78 is 1.15. The normalized spacial score (nSPS) is 24.1. The molecular formula is C13H18BrN. The standard InChI is InChI=1S/C13H18BrN/c1-2-3-11-8-13(11)15-9-10-4-6-12(14)7-5-10/h4-7,11,13,15H,2-3,8-9H2,1H3. The minimum atomic E-state index is 0.786. The molecule has 1 aliphatic rings. The lowest BCUT2D eigenvalue weighted by Gasteiger charge is -2.04. The summed E-state index contributed by atoms with van der Waals surface area (Å²) in [7, 11) is 0. The zero-order chi connectivity index (χ0) is 10.7. The SMILES string of the molecule is CCCC1CC1NCc1ccc(Br)cc1. The van der Waals surface area contributed by atoms with Crippen LogP contribution in [-0.2, 0) is 6.54 Å². The van der Waals surface area contributed by atoms with Crippen LogP contribution in [-0.4, -0.2) is 6.04 Å². The summed E-state index contributed by atoms with van der Waals surface area (Å²) in [5.41, 5.74) is 1.38. The second-order valence-electron chi connectivity index (χ2n) is 4.40. The molecule has 1 fully saturated rings. The lowest BCUT2D eigenvalue weighted by molar-refractivity contribution is 0.599. The predicted molar refractivity (Wildman–Crippen MR) is 67.8 cm³/mol. The maximum Gasteiger partial charge on any atom is 0.0208 e. The Labute approximate surface area is 100 Å². The largest absolute Gasteiger partial charge is 0.310 e. The van der Waals surface area contributed by atoms with Crippen molar-refractivity contribution in [2.45, 2.75) is 38.8 Å². The van der Waals surface area contributed by atoms with Crippen molar-refractivity contribution >= 4 is 15.9 Å². The van der Waals surface area contributed by atoms with Crippen molar-refractivity contribution in [2.75, 3.05) is 0 Å². The number of rotatable bonds is 5. The van der Waals surface area contributed by atoms with Gasteiger partial charge in [-0.25, -0.2) is 0 Å². The molecule has 2 unspecified atom stereocenters. The van der Waals surface area contributed by atoms with Crippen molar-refractivity contribution in [3.05, 3.63) is 34.3 Å². The second kappa shape index (κ2) is 5.13. The fourth-order valence-electron chi connectivity index (χ4n) is 2.04. The minimum absolute atomic E-state index is 0.786. The van der Waals surface area contributed by atoms with Gasteiger partial charge in [0.25, 0.3) is 0 Å². The Balaban J connectivity index is 1.73. The van der Waals surface area contributed by atoms with E-state index >= 15 is 0 Å². The Kier molecular flexibility index (Phi) is 3.81. The van der Waals surface area contributed by atoms with Crippen molar-refractivity contribution in [1.29, 1.82) is 0 Å². The molecule has 0 heterocycles. The van der Waals surface area contributed by atoms with Crippen LogP contribution in [0.4, 0.5) is 0 Å². The van der Waals surface area contributed by atoms with Gasteiger partial charge in [-0.15, -0.1) is 0 Å². The van der Waals surface area contributed by atoms with E-state index in [0.29, 0.717) is 0 Å². The molecule has 2 atom stereocenters. The van der Waals surface area contributed by atoms with E-state index in [-0.39, 0.29) is 0 Å². The van der Waals surface area contributed by atoms with Crippen molar-refractivity contribution in [3.63, 3.8) is 0 Å². The zero-order valence-corrected chi connectivity index (χ0v) is 10.8. The molecule has 0 amide bonds. The van der Waals surface area contributed by atoms with E-state index < -0.39 is 0 Å². The molecule has 15 heavy (non-hydrogen) atoms. The molecule has 82 valence electrons. The highest BCUT2D eigenvalue weighted by Crippen LogP contribution is 2.34. The Morgan fingerprint density at radius 1 is 1.33 bits per heavy atom. The molecule has 2 rings (SSSR count). The molecule has 1 aromatic carbocycles. The van der Waals surface area contributed by atoms with Crippen LogP contribution in [0.1, 0.15) is 31.7 Å². The Morgan fingerprint density at radius 2 is 2.07 bits per heavy atom. The maximum absolute atomic E-state index is 3.61. The third kappa shape index (κ3) is 3.32. The van der Waals surface area contributed by atoms with E-state index in [2.05, 4.69) is 52.4 Å². The fraction of sp³-hybridized carbons (Fsp3) is 0.538. The van der Waals surface area contributed by atoms with Crippen LogP contribution in [0.3, 0.4) is 0 Å². The van der Waals surface area contributed by atoms with Gasteiger partial charge in [-0.05, 0) is 36.5 Å². The predicted octanol–water partition coefficient (Wildman–Crippen LogP) is 3.73. The van der Waals surface area contributed by atoms with E-state index in [4.69, 9.17) is 0 Å². The van der Waals surface area contributed by atoms with Crippen LogP contribution in [0.25, 0.3) is 0 Å². The van der Waals surface area contributed by atoms with Gasteiger partial charge in [-0.2, -0.15) is 0 Å². The van der Waals surface area contributed by atoms with Crippen LogP contribution in [0.2, 0.25) is 0 Å². The van der Waals surface area contributed by atoms with Crippen LogP contribution in [0.5, 0.6) is 0 Å². The molecule has 1 aliphatic carbocycles. The summed E-state index contributed by atoms with van der Waals surface area (Å²) in [6.45, 7) is 3.28. The summed E-state index contributed by atoms with van der Waals surface area (Å²) in [6.07, 6.45) is 4.09. The van der Waals surface area contributed by atoms with E-state index in [0.717, 1.165) is 23.0 Å². The molecule has 0 bridgehead atoms.